The van der Waals surface area contributed by atoms with Gasteiger partial charge in [-0.3, -0.25) is 4.79 Å². The van der Waals surface area contributed by atoms with Crippen molar-refractivity contribution in [3.63, 3.8) is 0 Å². The number of aromatic amines is 1. The molecule has 8 nitrogen and oxygen atoms in total. The van der Waals surface area contributed by atoms with Gasteiger partial charge in [-0.25, -0.2) is 4.79 Å². The number of methoxy groups -OCH3 is 3. The molecule has 1 amide bonds. The van der Waals surface area contributed by atoms with E-state index in [4.69, 9.17) is 18.9 Å². The Morgan fingerprint density at radius 3 is 2.11 bits per heavy atom. The second-order valence-electron chi connectivity index (χ2n) is 5.71. The quantitative estimate of drug-likeness (QED) is 0.721. The number of ether oxygens (including phenoxy) is 4. The lowest BCUT2D eigenvalue weighted by Crippen LogP contribution is -2.14. The molecule has 0 aliphatic heterocycles. The smallest absolute Gasteiger partial charge is 0.355 e. The van der Waals surface area contributed by atoms with E-state index >= 15 is 0 Å². The number of hydrogen-bond acceptors (Lipinski definition) is 6. The summed E-state index contributed by atoms with van der Waals surface area (Å²) in [6, 6.07) is 3.26. The monoisotopic (exact) mass is 376 g/mol. The van der Waals surface area contributed by atoms with Gasteiger partial charge in [-0.1, -0.05) is 0 Å². The predicted molar refractivity (Wildman–Crippen MR) is 100 cm³/mol. The summed E-state index contributed by atoms with van der Waals surface area (Å²) in [6.45, 7) is 5.39. The Hall–Kier alpha value is -3.16. The van der Waals surface area contributed by atoms with Crippen molar-refractivity contribution in [1.82, 2.24) is 4.98 Å². The van der Waals surface area contributed by atoms with Crippen LogP contribution in [0.3, 0.4) is 0 Å². The van der Waals surface area contributed by atoms with Crippen molar-refractivity contribution in [2.45, 2.75) is 20.8 Å². The van der Waals surface area contributed by atoms with Gasteiger partial charge in [0, 0.05) is 23.5 Å². The summed E-state index contributed by atoms with van der Waals surface area (Å²) in [5.41, 5.74) is 2.21. The first-order chi connectivity index (χ1) is 12.9. The highest BCUT2D eigenvalue weighted by molar-refractivity contribution is 6.08. The van der Waals surface area contributed by atoms with Crippen LogP contribution in [0.4, 0.5) is 5.69 Å². The van der Waals surface area contributed by atoms with E-state index in [-0.39, 0.29) is 18.2 Å². The molecule has 0 radical (unpaired) electrons. The summed E-state index contributed by atoms with van der Waals surface area (Å²) in [5, 5.41) is 2.80. The number of esters is 1. The molecule has 2 aromatic rings. The van der Waals surface area contributed by atoms with E-state index in [1.807, 2.05) is 0 Å². The average Bonchev–Trinajstić information content (AvgIpc) is 2.95. The van der Waals surface area contributed by atoms with E-state index < -0.39 is 5.97 Å². The molecule has 0 saturated carbocycles. The van der Waals surface area contributed by atoms with E-state index in [9.17, 15) is 9.59 Å². The molecule has 0 fully saturated rings. The first-order valence-corrected chi connectivity index (χ1v) is 8.35. The maximum Gasteiger partial charge on any atom is 0.355 e. The van der Waals surface area contributed by atoms with Crippen LogP contribution in [0.2, 0.25) is 0 Å². The summed E-state index contributed by atoms with van der Waals surface area (Å²) >= 11 is 0. The van der Waals surface area contributed by atoms with Crippen molar-refractivity contribution >= 4 is 17.6 Å². The molecule has 2 rings (SSSR count). The molecule has 1 aromatic carbocycles. The van der Waals surface area contributed by atoms with E-state index in [0.717, 1.165) is 0 Å². The highest BCUT2D eigenvalue weighted by atomic mass is 16.5. The number of anilines is 1. The fourth-order valence-corrected chi connectivity index (χ4v) is 2.84. The standard InChI is InChI=1S/C19H24N2O6/c1-7-27-19(23)16-10(2)15(11(3)20-16)18(22)21-12-8-13(24-4)17(26-6)14(9-12)25-5/h8-9,20H,7H2,1-6H3,(H,21,22). The van der Waals surface area contributed by atoms with Crippen molar-refractivity contribution in [1.29, 1.82) is 0 Å². The molecule has 1 heterocycles. The lowest BCUT2D eigenvalue weighted by atomic mass is 10.1. The molecular formula is C19H24N2O6. The minimum atomic E-state index is -0.495. The molecule has 8 heteroatoms. The van der Waals surface area contributed by atoms with Crippen LogP contribution in [0, 0.1) is 13.8 Å². The highest BCUT2D eigenvalue weighted by Gasteiger charge is 2.23. The number of aryl methyl sites for hydroxylation is 1. The van der Waals surface area contributed by atoms with Crippen molar-refractivity contribution in [3.05, 3.63) is 34.6 Å². The zero-order valence-electron chi connectivity index (χ0n) is 16.3. The molecule has 0 saturated heterocycles. The lowest BCUT2D eigenvalue weighted by Gasteiger charge is -2.14. The van der Waals surface area contributed by atoms with E-state index in [1.54, 1.807) is 32.9 Å². The van der Waals surface area contributed by atoms with Gasteiger partial charge in [0.25, 0.3) is 5.91 Å². The molecular weight excluding hydrogens is 352 g/mol. The van der Waals surface area contributed by atoms with Gasteiger partial charge in [-0.2, -0.15) is 0 Å². The minimum Gasteiger partial charge on any atom is -0.493 e. The van der Waals surface area contributed by atoms with Gasteiger partial charge in [0.15, 0.2) is 11.5 Å². The minimum absolute atomic E-state index is 0.253. The van der Waals surface area contributed by atoms with Crippen LogP contribution >= 0.6 is 0 Å². The summed E-state index contributed by atoms with van der Waals surface area (Å²) in [6.07, 6.45) is 0. The molecule has 0 bridgehead atoms. The largest absolute Gasteiger partial charge is 0.493 e. The Morgan fingerprint density at radius 1 is 1.04 bits per heavy atom. The molecule has 0 unspecified atom stereocenters. The number of amides is 1. The topological polar surface area (TPSA) is 98.9 Å². The first-order valence-electron chi connectivity index (χ1n) is 8.35. The van der Waals surface area contributed by atoms with Crippen LogP contribution in [0.25, 0.3) is 0 Å². The van der Waals surface area contributed by atoms with Crippen molar-refractivity contribution in [3.8, 4) is 17.2 Å². The number of nitrogens with one attached hydrogen (secondary N) is 2. The number of H-pyrrole nitrogens is 1. The van der Waals surface area contributed by atoms with Crippen LogP contribution in [-0.2, 0) is 4.74 Å². The molecule has 0 aliphatic carbocycles. The number of benzene rings is 1. The zero-order valence-corrected chi connectivity index (χ0v) is 16.3. The molecule has 0 spiro atoms. The maximum atomic E-state index is 12.8. The number of hydrogen-bond donors (Lipinski definition) is 2. The third-order valence-electron chi connectivity index (χ3n) is 4.07. The van der Waals surface area contributed by atoms with E-state index in [1.165, 1.54) is 21.3 Å². The fraction of sp³-hybridized carbons (Fsp3) is 0.368. The van der Waals surface area contributed by atoms with Crippen LogP contribution < -0.4 is 19.5 Å². The Balaban J connectivity index is 2.37. The van der Waals surface area contributed by atoms with Gasteiger partial charge in [-0.15, -0.1) is 0 Å². The van der Waals surface area contributed by atoms with Gasteiger partial charge in [-0.05, 0) is 26.3 Å². The molecule has 146 valence electrons. The zero-order chi connectivity index (χ0) is 20.1. The van der Waals surface area contributed by atoms with Gasteiger partial charge in [0.05, 0.1) is 33.5 Å². The fourth-order valence-electron chi connectivity index (χ4n) is 2.84. The average molecular weight is 376 g/mol. The Bertz CT molecular complexity index is 831. The van der Waals surface area contributed by atoms with Gasteiger partial charge in [0.2, 0.25) is 5.75 Å². The van der Waals surface area contributed by atoms with E-state index in [2.05, 4.69) is 10.3 Å². The van der Waals surface area contributed by atoms with Crippen molar-refractivity contribution < 1.29 is 28.5 Å². The summed E-state index contributed by atoms with van der Waals surface area (Å²) in [4.78, 5) is 27.7. The maximum absolute atomic E-state index is 12.8. The predicted octanol–water partition coefficient (Wildman–Crippen LogP) is 3.09. The summed E-state index contributed by atoms with van der Waals surface area (Å²) in [5.74, 6) is 0.399. The SMILES string of the molecule is CCOC(=O)c1[nH]c(C)c(C(=O)Nc2cc(OC)c(OC)c(OC)c2)c1C. The number of aromatic nitrogens is 1. The van der Waals surface area contributed by atoms with Crippen LogP contribution in [0.15, 0.2) is 12.1 Å². The molecule has 27 heavy (non-hydrogen) atoms. The Kier molecular flexibility index (Phi) is 6.33. The molecule has 0 atom stereocenters. The number of carbonyl (C=O) groups is 2. The number of carbonyl (C=O) groups excluding carboxylic acids is 2. The third kappa shape index (κ3) is 3.99. The summed E-state index contributed by atoms with van der Waals surface area (Å²) < 4.78 is 20.9. The lowest BCUT2D eigenvalue weighted by molar-refractivity contribution is 0.0519. The summed E-state index contributed by atoms with van der Waals surface area (Å²) in [7, 11) is 4.49. The molecule has 0 aliphatic rings. The normalized spacial score (nSPS) is 10.3. The van der Waals surface area contributed by atoms with Crippen LogP contribution in [0.1, 0.15) is 39.0 Å². The Morgan fingerprint density at radius 2 is 1.63 bits per heavy atom. The van der Waals surface area contributed by atoms with E-state index in [0.29, 0.717) is 39.8 Å². The number of rotatable bonds is 7. The first kappa shape index (κ1) is 20.2. The molecule has 2 N–H and O–H groups in total. The van der Waals surface area contributed by atoms with Gasteiger partial charge >= 0.3 is 5.97 Å². The van der Waals surface area contributed by atoms with Crippen LogP contribution in [0.5, 0.6) is 17.2 Å². The van der Waals surface area contributed by atoms with Gasteiger partial charge < -0.3 is 29.2 Å². The third-order valence-corrected chi connectivity index (χ3v) is 4.07. The second-order valence-corrected chi connectivity index (χ2v) is 5.71. The van der Waals surface area contributed by atoms with Crippen molar-refractivity contribution in [2.24, 2.45) is 0 Å². The Labute approximate surface area is 157 Å². The highest BCUT2D eigenvalue weighted by Crippen LogP contribution is 2.40. The van der Waals surface area contributed by atoms with Crippen molar-refractivity contribution in [2.75, 3.05) is 33.3 Å². The van der Waals surface area contributed by atoms with Gasteiger partial charge in [0.1, 0.15) is 5.69 Å². The molecule has 1 aromatic heterocycles. The second kappa shape index (κ2) is 8.48. The van der Waals surface area contributed by atoms with Crippen LogP contribution in [-0.4, -0.2) is 44.8 Å².